The summed E-state index contributed by atoms with van der Waals surface area (Å²) in [7, 11) is -8.38. The van der Waals surface area contributed by atoms with E-state index >= 15 is 0 Å². The Morgan fingerprint density at radius 1 is 0.478 bits per heavy atom. The van der Waals surface area contributed by atoms with Crippen molar-refractivity contribution in [3.8, 4) is 0 Å². The smallest absolute Gasteiger partial charge is 0.264 e. The summed E-state index contributed by atoms with van der Waals surface area (Å²) in [5.41, 5.74) is 0.699. The first-order valence-corrected chi connectivity index (χ1v) is 16.4. The molecule has 0 aromatic heterocycles. The van der Waals surface area contributed by atoms with Crippen molar-refractivity contribution in [2.24, 2.45) is 0 Å². The molecule has 0 radical (unpaired) electrons. The zero-order valence-electron chi connectivity index (χ0n) is 23.6. The van der Waals surface area contributed by atoms with Crippen LogP contribution in [0.2, 0.25) is 0 Å². The van der Waals surface area contributed by atoms with Crippen LogP contribution in [0.25, 0.3) is 0 Å². The number of amides is 2. The van der Waals surface area contributed by atoms with Gasteiger partial charge in [-0.3, -0.25) is 19.2 Å². The van der Waals surface area contributed by atoms with E-state index in [1.165, 1.54) is 72.8 Å². The van der Waals surface area contributed by atoms with Gasteiger partial charge in [-0.2, -0.15) is 0 Å². The molecular weight excluding hydrogens is 633 g/mol. The van der Waals surface area contributed by atoms with Crippen LogP contribution in [0.4, 0.5) is 11.4 Å². The SMILES string of the molecule is O=C1C=C(Nc2ccc(S(=O)(=O)NC(=O)c3ccccc3)cc2)C(=O)C(Nc2ccc(S(=O)(=O)NC(=O)c3ccccc3)cc2)=C1. The summed E-state index contributed by atoms with van der Waals surface area (Å²) in [6.07, 6.45) is 2.15. The summed E-state index contributed by atoms with van der Waals surface area (Å²) in [6.45, 7) is 0. The monoisotopic (exact) mass is 656 g/mol. The Hall–Kier alpha value is -5.86. The van der Waals surface area contributed by atoms with Crippen molar-refractivity contribution in [2.75, 3.05) is 10.6 Å². The number of rotatable bonds is 10. The molecule has 1 aliphatic carbocycles. The molecule has 0 saturated carbocycles. The third-order valence-corrected chi connectivity index (χ3v) is 9.17. The van der Waals surface area contributed by atoms with Gasteiger partial charge < -0.3 is 10.6 Å². The largest absolute Gasteiger partial charge is 0.352 e. The van der Waals surface area contributed by atoms with Crippen molar-refractivity contribution >= 4 is 54.8 Å². The molecule has 0 heterocycles. The molecule has 0 spiro atoms. The summed E-state index contributed by atoms with van der Waals surface area (Å²) in [6, 6.07) is 26.0. The first-order valence-electron chi connectivity index (χ1n) is 13.4. The van der Waals surface area contributed by atoms with Gasteiger partial charge in [-0.25, -0.2) is 26.3 Å². The predicted molar refractivity (Wildman–Crippen MR) is 168 cm³/mol. The van der Waals surface area contributed by atoms with Crippen molar-refractivity contribution in [1.29, 1.82) is 0 Å². The molecule has 12 nitrogen and oxygen atoms in total. The molecule has 0 bridgehead atoms. The number of carbonyl (C=O) groups excluding carboxylic acids is 4. The minimum atomic E-state index is -4.19. The van der Waals surface area contributed by atoms with Gasteiger partial charge in [-0.05, 0) is 72.8 Å². The third-order valence-electron chi connectivity index (χ3n) is 6.48. The molecule has 4 aromatic carbocycles. The Kier molecular flexibility index (Phi) is 8.93. The van der Waals surface area contributed by atoms with Gasteiger partial charge in [0.2, 0.25) is 5.78 Å². The van der Waals surface area contributed by atoms with Gasteiger partial charge in [0.05, 0.1) is 21.2 Å². The Bertz CT molecular complexity index is 1960. The third kappa shape index (κ3) is 7.43. The average Bonchev–Trinajstić information content (AvgIpc) is 3.04. The maximum Gasteiger partial charge on any atom is 0.264 e. The van der Waals surface area contributed by atoms with Crippen LogP contribution < -0.4 is 20.1 Å². The van der Waals surface area contributed by atoms with Crippen molar-refractivity contribution in [1.82, 2.24) is 9.44 Å². The van der Waals surface area contributed by atoms with Crippen LogP contribution in [-0.2, 0) is 29.6 Å². The summed E-state index contributed by atoms with van der Waals surface area (Å²) >= 11 is 0. The summed E-state index contributed by atoms with van der Waals surface area (Å²) in [5.74, 6) is -2.71. The van der Waals surface area contributed by atoms with Gasteiger partial charge in [-0.15, -0.1) is 0 Å². The number of Topliss-reactive ketones (excluding diaryl/α,β-unsaturated/α-hetero) is 1. The number of sulfonamides is 2. The lowest BCUT2D eigenvalue weighted by atomic mass is 10.1. The molecule has 5 rings (SSSR count). The number of allylic oxidation sites excluding steroid dienone is 2. The molecule has 0 atom stereocenters. The fraction of sp³-hybridized carbons (Fsp3) is 0. The summed E-state index contributed by atoms with van der Waals surface area (Å²) in [5, 5.41) is 5.58. The Morgan fingerprint density at radius 2 is 0.826 bits per heavy atom. The highest BCUT2D eigenvalue weighted by molar-refractivity contribution is 7.90. The number of ketones is 2. The summed E-state index contributed by atoms with van der Waals surface area (Å²) < 4.78 is 54.7. The lowest BCUT2D eigenvalue weighted by Gasteiger charge is -2.17. The van der Waals surface area contributed by atoms with Crippen molar-refractivity contribution in [2.45, 2.75) is 9.79 Å². The van der Waals surface area contributed by atoms with Crippen LogP contribution in [0.15, 0.2) is 143 Å². The van der Waals surface area contributed by atoms with Gasteiger partial charge in [0.25, 0.3) is 31.9 Å². The predicted octanol–water partition coefficient (Wildman–Crippen LogP) is 3.37. The number of anilines is 2. The normalized spacial score (nSPS) is 13.2. The molecule has 1 aliphatic rings. The molecule has 46 heavy (non-hydrogen) atoms. The van der Waals surface area contributed by atoms with E-state index in [2.05, 4.69) is 10.6 Å². The van der Waals surface area contributed by atoms with Crippen LogP contribution in [0.3, 0.4) is 0 Å². The highest BCUT2D eigenvalue weighted by atomic mass is 32.2. The van der Waals surface area contributed by atoms with E-state index in [-0.39, 0.29) is 43.7 Å². The fourth-order valence-corrected chi connectivity index (χ4v) is 6.14. The molecule has 4 N–H and O–H groups in total. The van der Waals surface area contributed by atoms with Crippen LogP contribution in [-0.4, -0.2) is 40.2 Å². The van der Waals surface area contributed by atoms with E-state index in [0.717, 1.165) is 12.2 Å². The molecule has 0 fully saturated rings. The van der Waals surface area contributed by atoms with E-state index in [1.54, 1.807) is 36.4 Å². The summed E-state index contributed by atoms with van der Waals surface area (Å²) in [4.78, 5) is 49.8. The Labute approximate surface area is 264 Å². The van der Waals surface area contributed by atoms with E-state index in [9.17, 15) is 36.0 Å². The maximum atomic E-state index is 13.1. The molecule has 232 valence electrons. The van der Waals surface area contributed by atoms with Crippen LogP contribution in [0.5, 0.6) is 0 Å². The molecule has 2 amide bonds. The first-order chi connectivity index (χ1) is 21.9. The second-order valence-corrected chi connectivity index (χ2v) is 13.1. The van der Waals surface area contributed by atoms with Gasteiger partial charge in [-0.1, -0.05) is 36.4 Å². The van der Waals surface area contributed by atoms with E-state index in [0.29, 0.717) is 0 Å². The second kappa shape index (κ2) is 13.0. The van der Waals surface area contributed by atoms with E-state index in [4.69, 9.17) is 0 Å². The number of nitrogens with one attached hydrogen (secondary N) is 4. The molecule has 4 aromatic rings. The van der Waals surface area contributed by atoms with Gasteiger partial charge in [0.15, 0.2) is 5.78 Å². The average molecular weight is 657 g/mol. The minimum absolute atomic E-state index is 0.106. The van der Waals surface area contributed by atoms with Crippen LogP contribution in [0, 0.1) is 0 Å². The van der Waals surface area contributed by atoms with Crippen molar-refractivity contribution < 1.29 is 36.0 Å². The first kappa shape index (κ1) is 31.6. The highest BCUT2D eigenvalue weighted by Crippen LogP contribution is 2.22. The number of benzene rings is 4. The number of hydrogen-bond donors (Lipinski definition) is 4. The lowest BCUT2D eigenvalue weighted by Crippen LogP contribution is -2.30. The lowest BCUT2D eigenvalue weighted by molar-refractivity contribution is -0.115. The van der Waals surface area contributed by atoms with Gasteiger partial charge >= 0.3 is 0 Å². The van der Waals surface area contributed by atoms with Gasteiger partial charge in [0.1, 0.15) is 0 Å². The second-order valence-electron chi connectivity index (χ2n) is 9.75. The van der Waals surface area contributed by atoms with Gasteiger partial charge in [0, 0.05) is 34.7 Å². The molecule has 14 heteroatoms. The van der Waals surface area contributed by atoms with E-state index in [1.807, 2.05) is 9.44 Å². The Balaban J connectivity index is 1.22. The molecule has 0 aliphatic heterocycles. The topological polar surface area (TPSA) is 185 Å². The fourth-order valence-electron chi connectivity index (χ4n) is 4.19. The number of hydrogen-bond acceptors (Lipinski definition) is 10. The minimum Gasteiger partial charge on any atom is -0.352 e. The Morgan fingerprint density at radius 3 is 1.17 bits per heavy atom. The number of carbonyl (C=O) groups is 4. The van der Waals surface area contributed by atoms with Crippen LogP contribution in [0.1, 0.15) is 20.7 Å². The quantitative estimate of drug-likeness (QED) is 0.185. The molecule has 0 saturated heterocycles. The van der Waals surface area contributed by atoms with Crippen molar-refractivity contribution in [3.63, 3.8) is 0 Å². The molecular formula is C32H24N4O8S2. The standard InChI is InChI=1S/C32H24N4O8S2/c37-25-19-28(33-23-11-15-26(16-12-23)45(41,42)35-31(39)21-7-3-1-4-8-21)30(38)29(20-25)34-24-13-17-27(18-14-24)46(43,44)36-32(40)22-9-5-2-6-10-22/h1-20,33-34H,(H,35,39)(H,36,40). The van der Waals surface area contributed by atoms with E-state index < -0.39 is 43.4 Å². The van der Waals surface area contributed by atoms with Crippen molar-refractivity contribution in [3.05, 3.63) is 144 Å². The zero-order valence-corrected chi connectivity index (χ0v) is 25.3. The highest BCUT2D eigenvalue weighted by Gasteiger charge is 2.24. The molecule has 0 unspecified atom stereocenters. The maximum absolute atomic E-state index is 13.1. The van der Waals surface area contributed by atoms with Crippen LogP contribution >= 0.6 is 0 Å². The zero-order chi connectivity index (χ0) is 32.9.